The van der Waals surface area contributed by atoms with Crippen LogP contribution in [0.4, 0.5) is 4.79 Å². The van der Waals surface area contributed by atoms with Gasteiger partial charge in [0.25, 0.3) is 0 Å². The summed E-state index contributed by atoms with van der Waals surface area (Å²) in [5.74, 6) is -1.06. The number of carbonyl (C=O) groups is 2. The molecular formula is C14H17NO8. The molecule has 9 nitrogen and oxygen atoms in total. The third kappa shape index (κ3) is 2.50. The summed E-state index contributed by atoms with van der Waals surface area (Å²) in [6, 6.07) is -0.533. The van der Waals surface area contributed by atoms with E-state index in [0.717, 1.165) is 0 Å². The number of fused-ring (bicyclic) bond motifs is 1. The first-order chi connectivity index (χ1) is 10.8. The van der Waals surface area contributed by atoms with Crippen molar-refractivity contribution in [2.24, 2.45) is 4.99 Å². The van der Waals surface area contributed by atoms with Crippen molar-refractivity contribution in [1.29, 1.82) is 0 Å². The van der Waals surface area contributed by atoms with E-state index in [0.29, 0.717) is 5.90 Å². The fourth-order valence-corrected chi connectivity index (χ4v) is 3.21. The van der Waals surface area contributed by atoms with Gasteiger partial charge in [-0.1, -0.05) is 0 Å². The van der Waals surface area contributed by atoms with Crippen molar-refractivity contribution in [3.05, 3.63) is 11.8 Å². The third-order valence-electron chi connectivity index (χ3n) is 4.15. The van der Waals surface area contributed by atoms with Crippen LogP contribution < -0.4 is 0 Å². The van der Waals surface area contributed by atoms with Gasteiger partial charge in [-0.2, -0.15) is 0 Å². The highest BCUT2D eigenvalue weighted by Crippen LogP contribution is 2.40. The Morgan fingerprint density at radius 3 is 2.83 bits per heavy atom. The van der Waals surface area contributed by atoms with Crippen LogP contribution in [0.25, 0.3) is 0 Å². The molecule has 3 aliphatic rings. The topological polar surface area (TPSA) is 113 Å². The van der Waals surface area contributed by atoms with Crippen molar-refractivity contribution in [2.45, 2.75) is 43.8 Å². The minimum atomic E-state index is -1.22. The van der Waals surface area contributed by atoms with E-state index in [1.165, 1.54) is 13.2 Å². The molecule has 9 heteroatoms. The molecule has 1 fully saturated rings. The second-order valence-electron chi connectivity index (χ2n) is 5.67. The predicted molar refractivity (Wildman–Crippen MR) is 74.0 cm³/mol. The lowest BCUT2D eigenvalue weighted by molar-refractivity contribution is -0.172. The van der Waals surface area contributed by atoms with Crippen molar-refractivity contribution in [3.8, 4) is 0 Å². The molecule has 3 rings (SSSR count). The molecule has 0 aromatic rings. The van der Waals surface area contributed by atoms with Crippen LogP contribution >= 0.6 is 0 Å². The zero-order valence-corrected chi connectivity index (χ0v) is 12.8. The van der Waals surface area contributed by atoms with Gasteiger partial charge in [0.05, 0.1) is 0 Å². The number of carboxylic acid groups (broad SMARTS) is 1. The fourth-order valence-electron chi connectivity index (χ4n) is 3.21. The summed E-state index contributed by atoms with van der Waals surface area (Å²) >= 11 is 0. The molecule has 0 aromatic heterocycles. The van der Waals surface area contributed by atoms with Crippen molar-refractivity contribution in [3.63, 3.8) is 0 Å². The van der Waals surface area contributed by atoms with Crippen molar-refractivity contribution in [2.75, 3.05) is 13.7 Å². The van der Waals surface area contributed by atoms with Crippen LogP contribution in [-0.2, 0) is 28.5 Å². The number of carbonyl (C=O) groups excluding carboxylic acids is 1. The average Bonchev–Trinajstić information content (AvgIpc) is 3.05. The van der Waals surface area contributed by atoms with Gasteiger partial charge < -0.3 is 28.8 Å². The molecule has 0 spiro atoms. The van der Waals surface area contributed by atoms with E-state index in [1.807, 2.05) is 0 Å². The van der Waals surface area contributed by atoms with Crippen LogP contribution in [0.2, 0.25) is 0 Å². The van der Waals surface area contributed by atoms with Gasteiger partial charge in [0.2, 0.25) is 5.76 Å². The van der Waals surface area contributed by atoms with Crippen LogP contribution in [0.15, 0.2) is 16.8 Å². The SMILES string of the molecule is CO[C@@H]([C@H]1COC(=O)O1)[C@]1(C)OC(C(=O)O)=C[C@H]2OC(C)=N[C@@H]21. The van der Waals surface area contributed by atoms with E-state index in [9.17, 15) is 14.7 Å². The lowest BCUT2D eigenvalue weighted by Gasteiger charge is -2.44. The quantitative estimate of drug-likeness (QED) is 0.742. The van der Waals surface area contributed by atoms with E-state index in [4.69, 9.17) is 23.7 Å². The lowest BCUT2D eigenvalue weighted by Crippen LogP contribution is -2.61. The zero-order valence-electron chi connectivity index (χ0n) is 12.8. The van der Waals surface area contributed by atoms with Crippen molar-refractivity contribution >= 4 is 18.0 Å². The number of hydrogen-bond acceptors (Lipinski definition) is 8. The minimum absolute atomic E-state index is 0.0106. The average molecular weight is 327 g/mol. The van der Waals surface area contributed by atoms with E-state index < -0.39 is 42.1 Å². The largest absolute Gasteiger partial charge is 0.508 e. The van der Waals surface area contributed by atoms with Gasteiger partial charge in [-0.3, -0.25) is 0 Å². The number of carboxylic acids is 1. The van der Waals surface area contributed by atoms with Gasteiger partial charge in [0.1, 0.15) is 24.9 Å². The van der Waals surface area contributed by atoms with Crippen LogP contribution in [0.5, 0.6) is 0 Å². The number of aliphatic imine (C=N–C) groups is 1. The Labute approximate surface area is 131 Å². The van der Waals surface area contributed by atoms with Crippen LogP contribution in [0.3, 0.4) is 0 Å². The molecule has 0 aliphatic carbocycles. The van der Waals surface area contributed by atoms with E-state index in [1.54, 1.807) is 13.8 Å². The maximum absolute atomic E-state index is 11.4. The number of aliphatic carboxylic acids is 1. The normalized spacial score (nSPS) is 36.7. The second-order valence-corrected chi connectivity index (χ2v) is 5.67. The van der Waals surface area contributed by atoms with Gasteiger partial charge in [0.15, 0.2) is 17.6 Å². The molecule has 126 valence electrons. The summed E-state index contributed by atoms with van der Waals surface area (Å²) in [5.41, 5.74) is -1.21. The molecule has 1 saturated heterocycles. The highest BCUT2D eigenvalue weighted by Gasteiger charge is 2.58. The molecule has 1 N–H and O–H groups in total. The van der Waals surface area contributed by atoms with Gasteiger partial charge in [-0.25, -0.2) is 14.6 Å². The lowest BCUT2D eigenvalue weighted by atomic mass is 9.82. The van der Waals surface area contributed by atoms with Gasteiger partial charge in [-0.05, 0) is 6.92 Å². The Hall–Kier alpha value is -2.29. The van der Waals surface area contributed by atoms with E-state index in [-0.39, 0.29) is 12.4 Å². The Balaban J connectivity index is 1.97. The minimum Gasteiger partial charge on any atom is -0.475 e. The summed E-state index contributed by atoms with van der Waals surface area (Å²) in [4.78, 5) is 27.0. The maximum Gasteiger partial charge on any atom is 0.508 e. The van der Waals surface area contributed by atoms with Crippen LogP contribution in [0, 0.1) is 0 Å². The maximum atomic E-state index is 11.4. The summed E-state index contributed by atoms with van der Waals surface area (Å²) < 4.78 is 26.6. The Morgan fingerprint density at radius 2 is 2.26 bits per heavy atom. The highest BCUT2D eigenvalue weighted by molar-refractivity contribution is 5.85. The second kappa shape index (κ2) is 5.41. The molecule has 0 saturated carbocycles. The zero-order chi connectivity index (χ0) is 16.8. The van der Waals surface area contributed by atoms with Crippen molar-refractivity contribution < 1.29 is 38.4 Å². The predicted octanol–water partition coefficient (Wildman–Crippen LogP) is 0.480. The number of rotatable bonds is 4. The number of methoxy groups -OCH3 is 1. The Morgan fingerprint density at radius 1 is 1.52 bits per heavy atom. The van der Waals surface area contributed by atoms with Crippen LogP contribution in [-0.4, -0.2) is 66.8 Å². The van der Waals surface area contributed by atoms with Gasteiger partial charge in [-0.15, -0.1) is 0 Å². The highest BCUT2D eigenvalue weighted by atomic mass is 16.8. The molecule has 0 bridgehead atoms. The molecule has 3 heterocycles. The molecule has 0 amide bonds. The smallest absolute Gasteiger partial charge is 0.475 e. The van der Waals surface area contributed by atoms with E-state index >= 15 is 0 Å². The Kier molecular flexibility index (Phi) is 3.67. The number of hydrogen-bond donors (Lipinski definition) is 1. The summed E-state index contributed by atoms with van der Waals surface area (Å²) in [6.07, 6.45) is -1.54. The summed E-state index contributed by atoms with van der Waals surface area (Å²) in [6.45, 7) is 3.32. The first-order valence-electron chi connectivity index (χ1n) is 7.06. The molecule has 23 heavy (non-hydrogen) atoms. The molecule has 5 atom stereocenters. The number of ether oxygens (including phenoxy) is 5. The molecule has 0 aromatic carbocycles. The molecule has 0 unspecified atom stereocenters. The summed E-state index contributed by atoms with van der Waals surface area (Å²) in [5, 5.41) is 9.28. The monoisotopic (exact) mass is 327 g/mol. The van der Waals surface area contributed by atoms with Gasteiger partial charge >= 0.3 is 12.1 Å². The fraction of sp³-hybridized carbons (Fsp3) is 0.643. The van der Waals surface area contributed by atoms with Gasteiger partial charge in [0, 0.05) is 20.1 Å². The van der Waals surface area contributed by atoms with E-state index in [2.05, 4.69) is 4.99 Å². The first-order valence-corrected chi connectivity index (χ1v) is 7.06. The number of cyclic esters (lactones) is 2. The molecule has 3 aliphatic heterocycles. The molecule has 0 radical (unpaired) electrons. The number of nitrogens with zero attached hydrogens (tertiary/aromatic N) is 1. The molecular weight excluding hydrogens is 310 g/mol. The Bertz CT molecular complexity index is 600. The van der Waals surface area contributed by atoms with Crippen molar-refractivity contribution in [1.82, 2.24) is 0 Å². The van der Waals surface area contributed by atoms with Crippen LogP contribution in [0.1, 0.15) is 13.8 Å². The summed E-state index contributed by atoms with van der Waals surface area (Å²) in [7, 11) is 1.42. The first kappa shape index (κ1) is 15.6. The standard InChI is InChI=1S/C14H17NO8/c1-6-15-10-7(21-6)4-8(12(16)17)23-14(10,2)11(19-3)9-5-20-13(18)22-9/h4,7,9-11H,5H2,1-3H3,(H,16,17)/t7-,9-,10+,11+,14-/m1/s1. The third-order valence-corrected chi connectivity index (χ3v) is 4.15.